The van der Waals surface area contributed by atoms with Crippen LogP contribution >= 0.6 is 0 Å². The molecule has 4 aliphatic rings. The summed E-state index contributed by atoms with van der Waals surface area (Å²) < 4.78 is 20.1. The van der Waals surface area contributed by atoms with E-state index in [9.17, 15) is 19.8 Å². The monoisotopic (exact) mass is 977 g/mol. The normalized spacial score (nSPS) is 20.4. The molecule has 2 aromatic carbocycles. The van der Waals surface area contributed by atoms with Gasteiger partial charge in [0.15, 0.2) is 11.6 Å². The minimum Gasteiger partial charge on any atom is -0.494 e. The van der Waals surface area contributed by atoms with E-state index in [2.05, 4.69) is 43.4 Å². The number of carbonyl (C=O) groups is 2. The molecule has 8 heterocycles. The van der Waals surface area contributed by atoms with Gasteiger partial charge in [0.05, 0.1) is 61.9 Å². The summed E-state index contributed by atoms with van der Waals surface area (Å²) in [6, 6.07) is 18.9. The predicted molar refractivity (Wildman–Crippen MR) is 276 cm³/mol. The fourth-order valence-electron chi connectivity index (χ4n) is 11.0. The Kier molecular flexibility index (Phi) is 12.7. The van der Waals surface area contributed by atoms with Gasteiger partial charge in [-0.3, -0.25) is 9.59 Å². The summed E-state index contributed by atoms with van der Waals surface area (Å²) in [7, 11) is 7.17. The van der Waals surface area contributed by atoms with Gasteiger partial charge in [-0.15, -0.1) is 0 Å². The number of aliphatic hydroxyl groups excluding tert-OH is 2. The second-order valence-electron chi connectivity index (χ2n) is 20.3. The maximum Gasteiger partial charge on any atom is 0.254 e. The second kappa shape index (κ2) is 19.3. The zero-order valence-electron chi connectivity index (χ0n) is 41.4. The number of fused-ring (bicyclic) bond motifs is 4. The summed E-state index contributed by atoms with van der Waals surface area (Å²) in [5, 5.41) is 21.9. The van der Waals surface area contributed by atoms with Crippen molar-refractivity contribution in [1.29, 1.82) is 0 Å². The highest BCUT2D eigenvalue weighted by molar-refractivity contribution is 6.01. The first kappa shape index (κ1) is 47.5. The molecule has 4 atom stereocenters. The molecule has 2 saturated heterocycles. The average Bonchev–Trinajstić information content (AvgIpc) is 4.28. The summed E-state index contributed by atoms with van der Waals surface area (Å²) in [6.07, 6.45) is 11.6. The average molecular weight is 977 g/mol. The maximum atomic E-state index is 13.5. The summed E-state index contributed by atoms with van der Waals surface area (Å²) in [5.41, 5.74) is 20.2. The number of carbonyl (C=O) groups excluding carboxylic acids is 2. The lowest BCUT2D eigenvalue weighted by Gasteiger charge is -2.37. The molecule has 0 spiro atoms. The van der Waals surface area contributed by atoms with Crippen LogP contribution in [0.2, 0.25) is 0 Å². The Labute approximate surface area is 417 Å². The largest absolute Gasteiger partial charge is 0.494 e. The van der Waals surface area contributed by atoms with Crippen LogP contribution in [0.5, 0.6) is 11.5 Å². The lowest BCUT2D eigenvalue weighted by atomic mass is 9.98. The number of likely N-dealkylation sites (tertiary alicyclic amines) is 2. The summed E-state index contributed by atoms with van der Waals surface area (Å²) in [4.78, 5) is 49.8. The molecule has 2 aliphatic heterocycles. The van der Waals surface area contributed by atoms with Crippen molar-refractivity contribution < 1.29 is 29.3 Å². The van der Waals surface area contributed by atoms with Crippen molar-refractivity contribution in [1.82, 2.24) is 48.0 Å². The quantitative estimate of drug-likeness (QED) is 0.113. The Morgan fingerprint density at radius 2 is 1.03 bits per heavy atom. The zero-order chi connectivity index (χ0) is 49.9. The Balaban J connectivity index is 0.000000156. The number of pyridine rings is 2. The molecule has 2 aliphatic carbocycles. The lowest BCUT2D eigenvalue weighted by molar-refractivity contribution is 0.0468. The van der Waals surface area contributed by atoms with Crippen molar-refractivity contribution in [3.05, 3.63) is 84.2 Å². The van der Waals surface area contributed by atoms with Crippen molar-refractivity contribution in [2.24, 2.45) is 37.4 Å². The van der Waals surface area contributed by atoms with Gasteiger partial charge in [-0.05, 0) is 124 Å². The van der Waals surface area contributed by atoms with Gasteiger partial charge < -0.3 is 59.2 Å². The van der Waals surface area contributed by atoms with Gasteiger partial charge in [-0.25, -0.2) is 19.9 Å². The molecule has 2 amide bonds. The SMILES string of the molecule is COc1cc(C(=O)N2C[C@@H](N)CC[C@@H]2CO)cc2nc(-c3cc4cccnc4n3CC3CC3)n(C)c12.COc1cc(C(=O)N2C[C@H](N)CC[C@@H]2CO)cc2nc(-c3cc4cccnc4n3CC3CC3)n(C)c12. The molecule has 6 N–H and O–H groups in total. The van der Waals surface area contributed by atoms with Gasteiger partial charge in [0.25, 0.3) is 11.8 Å². The van der Waals surface area contributed by atoms with Crippen LogP contribution in [-0.2, 0) is 27.2 Å². The number of imidazole rings is 2. The number of piperidine rings is 2. The first-order valence-corrected chi connectivity index (χ1v) is 25.3. The van der Waals surface area contributed by atoms with Crippen LogP contribution in [-0.4, -0.2) is 135 Å². The van der Waals surface area contributed by atoms with Crippen molar-refractivity contribution in [3.63, 3.8) is 0 Å². The smallest absolute Gasteiger partial charge is 0.254 e. The fourth-order valence-corrected chi connectivity index (χ4v) is 11.0. The van der Waals surface area contributed by atoms with E-state index in [1.807, 2.05) is 59.9 Å². The van der Waals surface area contributed by atoms with E-state index in [4.69, 9.17) is 30.9 Å². The predicted octanol–water partition coefficient (Wildman–Crippen LogP) is 5.87. The van der Waals surface area contributed by atoms with Gasteiger partial charge in [0, 0.05) is 86.7 Å². The van der Waals surface area contributed by atoms with Crippen LogP contribution in [0.4, 0.5) is 0 Å². The minimum atomic E-state index is -0.232. The van der Waals surface area contributed by atoms with Crippen LogP contribution < -0.4 is 20.9 Å². The number of amides is 2. The number of aryl methyl sites for hydroxylation is 2. The van der Waals surface area contributed by atoms with Crippen LogP contribution in [0.1, 0.15) is 72.1 Å². The highest BCUT2D eigenvalue weighted by Gasteiger charge is 2.34. The first-order valence-electron chi connectivity index (χ1n) is 25.3. The molecule has 0 radical (unpaired) electrons. The molecular weight excluding hydrogens is 913 g/mol. The summed E-state index contributed by atoms with van der Waals surface area (Å²) >= 11 is 0. The summed E-state index contributed by atoms with van der Waals surface area (Å²) in [6.45, 7) is 2.52. The van der Waals surface area contributed by atoms with Gasteiger partial charge in [-0.2, -0.15) is 0 Å². The molecule has 12 rings (SSSR count). The van der Waals surface area contributed by atoms with E-state index in [1.165, 1.54) is 25.7 Å². The van der Waals surface area contributed by atoms with E-state index < -0.39 is 0 Å². The third kappa shape index (κ3) is 8.73. The second-order valence-corrected chi connectivity index (χ2v) is 20.3. The number of aliphatic hydroxyl groups is 2. The highest BCUT2D eigenvalue weighted by Crippen LogP contribution is 2.40. The number of benzene rings is 2. The molecule has 4 fully saturated rings. The van der Waals surface area contributed by atoms with Crippen LogP contribution in [0.15, 0.2) is 73.1 Å². The fraction of sp³-hybridized carbons (Fsp3) is 0.444. The molecule has 0 bridgehead atoms. The first-order chi connectivity index (χ1) is 35.0. The van der Waals surface area contributed by atoms with E-state index >= 15 is 0 Å². The Morgan fingerprint density at radius 1 is 0.611 bits per heavy atom. The van der Waals surface area contributed by atoms with Crippen LogP contribution in [0, 0.1) is 11.8 Å². The molecule has 2 saturated carbocycles. The molecule has 72 heavy (non-hydrogen) atoms. The molecular formula is C54H64N12O6. The molecule has 6 aromatic heterocycles. The number of hydrogen-bond acceptors (Lipinski definition) is 12. The van der Waals surface area contributed by atoms with Crippen LogP contribution in [0.3, 0.4) is 0 Å². The topological polar surface area (TPSA) is 223 Å². The number of nitrogens with zero attached hydrogens (tertiary/aromatic N) is 10. The number of hydrogen-bond donors (Lipinski definition) is 4. The van der Waals surface area contributed by atoms with Gasteiger partial charge >= 0.3 is 0 Å². The minimum absolute atomic E-state index is 0.0782. The highest BCUT2D eigenvalue weighted by atomic mass is 16.5. The van der Waals surface area contributed by atoms with Gasteiger partial charge in [-0.1, -0.05) is 0 Å². The zero-order valence-corrected chi connectivity index (χ0v) is 41.4. The number of rotatable bonds is 12. The van der Waals surface area contributed by atoms with Crippen LogP contribution in [0.25, 0.3) is 67.2 Å². The van der Waals surface area contributed by atoms with Crippen molar-refractivity contribution in [3.8, 4) is 34.5 Å². The van der Waals surface area contributed by atoms with Gasteiger partial charge in [0.1, 0.15) is 33.8 Å². The van der Waals surface area contributed by atoms with Gasteiger partial charge in [0.2, 0.25) is 0 Å². The van der Waals surface area contributed by atoms with E-state index in [-0.39, 0.29) is 49.2 Å². The number of methoxy groups -OCH3 is 2. The van der Waals surface area contributed by atoms with Crippen molar-refractivity contribution >= 4 is 55.9 Å². The number of ether oxygens (including phenoxy) is 2. The molecule has 8 aromatic rings. The molecule has 0 unspecified atom stereocenters. The lowest BCUT2D eigenvalue weighted by Crippen LogP contribution is -2.52. The Morgan fingerprint density at radius 3 is 1.40 bits per heavy atom. The number of nitrogens with two attached hydrogens (primary N) is 2. The number of aromatic nitrogens is 8. The van der Waals surface area contributed by atoms with E-state index in [0.717, 1.165) is 82.1 Å². The van der Waals surface area contributed by atoms with E-state index in [0.29, 0.717) is 71.4 Å². The standard InChI is InChI=1S/2C27H32N6O3/c2*1-31-24-21(10-18(12-23(24)36-2)27(35)32-14-19(28)7-8-20(32)15-34)30-26(31)22-11-17-4-3-9-29-25(17)33(22)13-16-5-6-16/h2*3-4,9-12,16,19-20,34H,5-8,13-15,28H2,1-2H3/t19-,20+;19-,20-/m01/s1. The summed E-state index contributed by atoms with van der Waals surface area (Å²) in [5.74, 6) is 3.80. The van der Waals surface area contributed by atoms with Crippen molar-refractivity contribution in [2.45, 2.75) is 88.6 Å². The molecule has 18 nitrogen and oxygen atoms in total. The Bertz CT molecular complexity index is 3130. The molecule has 18 heteroatoms. The molecule has 376 valence electrons. The van der Waals surface area contributed by atoms with Crippen molar-refractivity contribution in [2.75, 3.05) is 40.5 Å². The maximum absolute atomic E-state index is 13.5. The Hall–Kier alpha value is -6.86. The van der Waals surface area contributed by atoms with E-state index in [1.54, 1.807) is 36.2 Å². The third-order valence-corrected chi connectivity index (χ3v) is 15.3. The third-order valence-electron chi connectivity index (χ3n) is 15.3.